The van der Waals surface area contributed by atoms with Gasteiger partial charge in [-0.15, -0.1) is 0 Å². The van der Waals surface area contributed by atoms with Gasteiger partial charge in [-0.3, -0.25) is 0 Å². The molecule has 3 rings (SSSR count). The molecule has 1 aliphatic rings. The Hall–Kier alpha value is -1.81. The highest BCUT2D eigenvalue weighted by Crippen LogP contribution is 2.37. The summed E-state index contributed by atoms with van der Waals surface area (Å²) in [7, 11) is 0. The van der Waals surface area contributed by atoms with Crippen molar-refractivity contribution in [1.82, 2.24) is 5.32 Å². The highest BCUT2D eigenvalue weighted by Gasteiger charge is 2.33. The van der Waals surface area contributed by atoms with Crippen LogP contribution < -0.4 is 5.32 Å². The Balaban J connectivity index is 2.10. The van der Waals surface area contributed by atoms with Crippen molar-refractivity contribution in [2.24, 2.45) is 0 Å². The van der Waals surface area contributed by atoms with E-state index in [1.807, 2.05) is 12.1 Å². The van der Waals surface area contributed by atoms with Gasteiger partial charge in [0.1, 0.15) is 0 Å². The smallest absolute Gasteiger partial charge is 0.312 e. The first-order valence-electron chi connectivity index (χ1n) is 6.55. The Morgan fingerprint density at radius 2 is 1.75 bits per heavy atom. The summed E-state index contributed by atoms with van der Waals surface area (Å²) in [4.78, 5) is 0. The molecule has 104 valence electrons. The van der Waals surface area contributed by atoms with E-state index in [1.54, 1.807) is 12.1 Å². The first-order chi connectivity index (χ1) is 9.55. The molecule has 0 atom stereocenters. The Morgan fingerprint density at radius 3 is 2.55 bits per heavy atom. The van der Waals surface area contributed by atoms with E-state index in [0.717, 1.165) is 31.1 Å². The highest BCUT2D eigenvalue weighted by molar-refractivity contribution is 5.69. The molecule has 2 aromatic rings. The maximum Gasteiger partial charge on any atom is 0.417 e. The molecule has 2 aromatic carbocycles. The van der Waals surface area contributed by atoms with Gasteiger partial charge < -0.3 is 5.32 Å². The van der Waals surface area contributed by atoms with E-state index in [1.165, 1.54) is 17.7 Å². The fourth-order valence-corrected chi connectivity index (χ4v) is 2.63. The number of nitrogens with one attached hydrogen (secondary N) is 1. The molecule has 20 heavy (non-hydrogen) atoms. The molecule has 1 heterocycles. The van der Waals surface area contributed by atoms with E-state index in [9.17, 15) is 13.2 Å². The third kappa shape index (κ3) is 2.43. The average Bonchev–Trinajstić information content (AvgIpc) is 2.46. The number of halogens is 3. The molecule has 0 aliphatic carbocycles. The molecule has 4 heteroatoms. The Kier molecular flexibility index (Phi) is 3.26. The lowest BCUT2D eigenvalue weighted by Crippen LogP contribution is -2.23. The summed E-state index contributed by atoms with van der Waals surface area (Å²) in [6.45, 7) is 1.66. The molecule has 0 radical (unpaired) electrons. The summed E-state index contributed by atoms with van der Waals surface area (Å²) < 4.78 is 39.2. The van der Waals surface area contributed by atoms with Crippen LogP contribution in [-0.2, 0) is 19.1 Å². The zero-order valence-corrected chi connectivity index (χ0v) is 10.8. The van der Waals surface area contributed by atoms with Crippen molar-refractivity contribution < 1.29 is 13.2 Å². The predicted octanol–water partition coefficient (Wildman–Crippen LogP) is 4.02. The van der Waals surface area contributed by atoms with Crippen LogP contribution in [0.4, 0.5) is 13.2 Å². The van der Waals surface area contributed by atoms with Gasteiger partial charge in [0.05, 0.1) is 5.56 Å². The minimum absolute atomic E-state index is 0.251. The van der Waals surface area contributed by atoms with Gasteiger partial charge in [0.25, 0.3) is 0 Å². The Morgan fingerprint density at radius 1 is 0.950 bits per heavy atom. The topological polar surface area (TPSA) is 12.0 Å². The fourth-order valence-electron chi connectivity index (χ4n) is 2.63. The van der Waals surface area contributed by atoms with Gasteiger partial charge in [0.2, 0.25) is 0 Å². The molecule has 1 nitrogen and oxygen atoms in total. The number of alkyl halides is 3. The van der Waals surface area contributed by atoms with Crippen LogP contribution >= 0.6 is 0 Å². The molecular formula is C16H14F3N. The fraction of sp³-hybridized carbons (Fsp3) is 0.250. The number of benzene rings is 2. The Labute approximate surface area is 115 Å². The van der Waals surface area contributed by atoms with Crippen LogP contribution in [0.5, 0.6) is 0 Å². The minimum Gasteiger partial charge on any atom is -0.312 e. The highest BCUT2D eigenvalue weighted by atomic mass is 19.4. The lowest BCUT2D eigenvalue weighted by atomic mass is 9.93. The summed E-state index contributed by atoms with van der Waals surface area (Å²) in [5.74, 6) is 0. The van der Waals surface area contributed by atoms with Crippen molar-refractivity contribution in [3.8, 4) is 11.1 Å². The molecular weight excluding hydrogens is 263 g/mol. The SMILES string of the molecule is FC(F)(F)c1ccccc1-c1ccc2c(c1)CCNC2. The summed E-state index contributed by atoms with van der Waals surface area (Å²) in [6, 6.07) is 11.3. The quantitative estimate of drug-likeness (QED) is 0.830. The van der Waals surface area contributed by atoms with Gasteiger partial charge in [0, 0.05) is 6.54 Å². The third-order valence-electron chi connectivity index (χ3n) is 3.64. The summed E-state index contributed by atoms with van der Waals surface area (Å²) in [5, 5.41) is 3.26. The van der Waals surface area contributed by atoms with Crippen molar-refractivity contribution in [3.05, 3.63) is 59.2 Å². The predicted molar refractivity (Wildman–Crippen MR) is 72.3 cm³/mol. The summed E-state index contributed by atoms with van der Waals surface area (Å²) in [6.07, 6.45) is -3.47. The van der Waals surface area contributed by atoms with Crippen LogP contribution in [0.1, 0.15) is 16.7 Å². The maximum absolute atomic E-state index is 13.1. The van der Waals surface area contributed by atoms with Crippen LogP contribution in [0.2, 0.25) is 0 Å². The Bertz CT molecular complexity index is 632. The lowest BCUT2D eigenvalue weighted by Gasteiger charge is -2.19. The maximum atomic E-state index is 13.1. The second kappa shape index (κ2) is 4.94. The molecule has 0 spiro atoms. The standard InChI is InChI=1S/C16H14F3N/c17-16(18,19)15-4-2-1-3-14(15)12-5-6-13-10-20-8-7-11(13)9-12/h1-6,9,20H,7-8,10H2. The second-order valence-electron chi connectivity index (χ2n) is 4.95. The molecule has 0 saturated heterocycles. The summed E-state index contributed by atoms with van der Waals surface area (Å²) >= 11 is 0. The van der Waals surface area contributed by atoms with Gasteiger partial charge in [-0.1, -0.05) is 36.4 Å². The van der Waals surface area contributed by atoms with Crippen LogP contribution in [0.3, 0.4) is 0 Å². The minimum atomic E-state index is -4.33. The second-order valence-corrected chi connectivity index (χ2v) is 4.95. The van der Waals surface area contributed by atoms with E-state index >= 15 is 0 Å². The number of hydrogen-bond acceptors (Lipinski definition) is 1. The average molecular weight is 277 g/mol. The van der Waals surface area contributed by atoms with E-state index in [4.69, 9.17) is 0 Å². The number of fused-ring (bicyclic) bond motifs is 1. The molecule has 1 aliphatic heterocycles. The molecule has 0 fully saturated rings. The van der Waals surface area contributed by atoms with Crippen molar-refractivity contribution in [2.45, 2.75) is 19.1 Å². The van der Waals surface area contributed by atoms with Crippen molar-refractivity contribution in [3.63, 3.8) is 0 Å². The zero-order valence-electron chi connectivity index (χ0n) is 10.8. The number of hydrogen-bond donors (Lipinski definition) is 1. The molecule has 0 aromatic heterocycles. The van der Waals surface area contributed by atoms with E-state index < -0.39 is 11.7 Å². The molecule has 0 bridgehead atoms. The first-order valence-corrected chi connectivity index (χ1v) is 6.55. The van der Waals surface area contributed by atoms with Crippen LogP contribution in [0.15, 0.2) is 42.5 Å². The summed E-state index contributed by atoms with van der Waals surface area (Å²) in [5.41, 5.74) is 2.62. The normalized spacial score (nSPS) is 14.9. The molecule has 0 saturated carbocycles. The molecule has 1 N–H and O–H groups in total. The zero-order chi connectivity index (χ0) is 14.2. The van der Waals surface area contributed by atoms with Gasteiger partial charge in [-0.2, -0.15) is 13.2 Å². The van der Waals surface area contributed by atoms with Crippen molar-refractivity contribution in [2.75, 3.05) is 6.54 Å². The van der Waals surface area contributed by atoms with Gasteiger partial charge >= 0.3 is 6.18 Å². The van der Waals surface area contributed by atoms with Crippen LogP contribution in [0, 0.1) is 0 Å². The van der Waals surface area contributed by atoms with Crippen molar-refractivity contribution in [1.29, 1.82) is 0 Å². The first kappa shape index (κ1) is 13.2. The van der Waals surface area contributed by atoms with Gasteiger partial charge in [-0.05, 0) is 41.3 Å². The van der Waals surface area contributed by atoms with Crippen LogP contribution in [0.25, 0.3) is 11.1 Å². The lowest BCUT2D eigenvalue weighted by molar-refractivity contribution is -0.137. The largest absolute Gasteiger partial charge is 0.417 e. The van der Waals surface area contributed by atoms with Gasteiger partial charge in [-0.25, -0.2) is 0 Å². The van der Waals surface area contributed by atoms with Crippen molar-refractivity contribution >= 4 is 0 Å². The van der Waals surface area contributed by atoms with Crippen LogP contribution in [-0.4, -0.2) is 6.54 Å². The monoisotopic (exact) mass is 277 g/mol. The van der Waals surface area contributed by atoms with E-state index in [0.29, 0.717) is 5.56 Å². The number of rotatable bonds is 1. The van der Waals surface area contributed by atoms with Gasteiger partial charge in [0.15, 0.2) is 0 Å². The van der Waals surface area contributed by atoms with E-state index in [2.05, 4.69) is 5.32 Å². The molecule has 0 unspecified atom stereocenters. The molecule has 0 amide bonds. The van der Waals surface area contributed by atoms with E-state index in [-0.39, 0.29) is 5.56 Å². The third-order valence-corrected chi connectivity index (χ3v) is 3.64.